The number of rotatable bonds is 2. The van der Waals surface area contributed by atoms with Crippen LogP contribution < -0.4 is 0 Å². The number of aliphatic carboxylic acids is 1. The van der Waals surface area contributed by atoms with E-state index in [1.165, 1.54) is 0 Å². The zero-order valence-electron chi connectivity index (χ0n) is 12.7. The van der Waals surface area contributed by atoms with E-state index in [2.05, 4.69) is 20.8 Å². The minimum atomic E-state index is -0.920. The molecule has 4 heteroatoms. The second-order valence-electron chi connectivity index (χ2n) is 7.09. The Bertz CT molecular complexity index is 534. The largest absolute Gasteiger partial charge is 0.481 e. The zero-order chi connectivity index (χ0) is 15.8. The molecule has 0 bridgehead atoms. The van der Waals surface area contributed by atoms with Crippen LogP contribution in [0.2, 0.25) is 0 Å². The summed E-state index contributed by atoms with van der Waals surface area (Å²) >= 11 is 0. The lowest BCUT2D eigenvalue weighted by Crippen LogP contribution is -2.34. The molecule has 0 heterocycles. The third-order valence-corrected chi connectivity index (χ3v) is 4.75. The molecular weight excluding hydrogens is 274 g/mol. The Kier molecular flexibility index (Phi) is 4.35. The average Bonchev–Trinajstić information content (AvgIpc) is 2.39. The van der Waals surface area contributed by atoms with E-state index in [1.54, 1.807) is 0 Å². The summed E-state index contributed by atoms with van der Waals surface area (Å²) in [5.74, 6) is -2.75. The van der Waals surface area contributed by atoms with Crippen molar-refractivity contribution in [3.63, 3.8) is 0 Å². The van der Waals surface area contributed by atoms with Gasteiger partial charge in [0, 0.05) is 5.92 Å². The normalized spacial score (nSPS) is 26.6. The van der Waals surface area contributed by atoms with E-state index < -0.39 is 29.4 Å². The van der Waals surface area contributed by atoms with Crippen molar-refractivity contribution in [2.45, 2.75) is 46.0 Å². The highest BCUT2D eigenvalue weighted by Gasteiger charge is 2.40. The Labute approximate surface area is 124 Å². The molecule has 3 atom stereocenters. The molecule has 0 spiro atoms. The molecule has 1 aliphatic rings. The first-order valence-corrected chi connectivity index (χ1v) is 7.38. The average molecular weight is 296 g/mol. The smallest absolute Gasteiger partial charge is 0.307 e. The van der Waals surface area contributed by atoms with Crippen molar-refractivity contribution >= 4 is 5.97 Å². The molecular formula is C17H22F2O2. The lowest BCUT2D eigenvalue weighted by molar-refractivity contribution is -0.144. The summed E-state index contributed by atoms with van der Waals surface area (Å²) in [4.78, 5) is 11.5. The summed E-state index contributed by atoms with van der Waals surface area (Å²) in [6.45, 7) is 6.33. The van der Waals surface area contributed by atoms with E-state index in [0.717, 1.165) is 24.6 Å². The van der Waals surface area contributed by atoms with Crippen molar-refractivity contribution in [1.29, 1.82) is 0 Å². The molecule has 0 radical (unpaired) electrons. The molecule has 3 unspecified atom stereocenters. The second kappa shape index (κ2) is 5.74. The summed E-state index contributed by atoms with van der Waals surface area (Å²) in [6, 6.07) is 3.31. The quantitative estimate of drug-likeness (QED) is 0.866. The monoisotopic (exact) mass is 296 g/mol. The van der Waals surface area contributed by atoms with Crippen molar-refractivity contribution in [3.8, 4) is 0 Å². The summed E-state index contributed by atoms with van der Waals surface area (Å²) in [7, 11) is 0. The van der Waals surface area contributed by atoms with E-state index in [1.807, 2.05) is 0 Å². The first-order valence-electron chi connectivity index (χ1n) is 7.38. The van der Waals surface area contributed by atoms with Crippen LogP contribution in [-0.2, 0) is 4.79 Å². The van der Waals surface area contributed by atoms with Gasteiger partial charge in [-0.1, -0.05) is 20.8 Å². The van der Waals surface area contributed by atoms with Gasteiger partial charge in [-0.2, -0.15) is 0 Å². The summed E-state index contributed by atoms with van der Waals surface area (Å²) in [6.07, 6.45) is 1.91. The molecule has 1 N–H and O–H groups in total. The van der Waals surface area contributed by atoms with Crippen molar-refractivity contribution in [2.75, 3.05) is 0 Å². The van der Waals surface area contributed by atoms with Gasteiger partial charge in [-0.05, 0) is 54.4 Å². The predicted molar refractivity (Wildman–Crippen MR) is 77.0 cm³/mol. The number of carboxylic acid groups (broad SMARTS) is 1. The van der Waals surface area contributed by atoms with Crippen LogP contribution in [0.15, 0.2) is 18.2 Å². The molecule has 1 aliphatic carbocycles. The minimum absolute atomic E-state index is 0.0333. The van der Waals surface area contributed by atoms with Crippen LogP contribution in [-0.4, -0.2) is 11.1 Å². The van der Waals surface area contributed by atoms with Gasteiger partial charge in [0.25, 0.3) is 0 Å². The summed E-state index contributed by atoms with van der Waals surface area (Å²) in [5, 5.41) is 9.40. The molecule has 2 nitrogen and oxygen atoms in total. The maximum atomic E-state index is 14.1. The molecule has 116 valence electrons. The van der Waals surface area contributed by atoms with Crippen LogP contribution in [0.3, 0.4) is 0 Å². The van der Waals surface area contributed by atoms with Gasteiger partial charge in [0.1, 0.15) is 11.6 Å². The first kappa shape index (κ1) is 15.9. The van der Waals surface area contributed by atoms with Gasteiger partial charge in [-0.15, -0.1) is 0 Å². The van der Waals surface area contributed by atoms with Crippen LogP contribution in [0.4, 0.5) is 8.78 Å². The predicted octanol–water partition coefficient (Wildman–Crippen LogP) is 4.60. The molecule has 2 rings (SSSR count). The Hall–Kier alpha value is -1.45. The highest BCUT2D eigenvalue weighted by Crippen LogP contribution is 2.47. The van der Waals surface area contributed by atoms with Crippen molar-refractivity contribution in [1.82, 2.24) is 0 Å². The lowest BCUT2D eigenvalue weighted by Gasteiger charge is -2.40. The van der Waals surface area contributed by atoms with Crippen molar-refractivity contribution < 1.29 is 18.7 Å². The Morgan fingerprint density at radius 3 is 2.48 bits per heavy atom. The number of carbonyl (C=O) groups is 1. The second-order valence-corrected chi connectivity index (χ2v) is 7.09. The number of hydrogen-bond acceptors (Lipinski definition) is 1. The van der Waals surface area contributed by atoms with Gasteiger partial charge in [-0.25, -0.2) is 8.78 Å². The molecule has 0 aliphatic heterocycles. The molecule has 0 amide bonds. The van der Waals surface area contributed by atoms with Crippen molar-refractivity contribution in [3.05, 3.63) is 35.4 Å². The highest BCUT2D eigenvalue weighted by atomic mass is 19.1. The van der Waals surface area contributed by atoms with Gasteiger partial charge >= 0.3 is 5.97 Å². The van der Waals surface area contributed by atoms with Crippen LogP contribution >= 0.6 is 0 Å². The molecule has 1 saturated carbocycles. The Morgan fingerprint density at radius 2 is 1.90 bits per heavy atom. The van der Waals surface area contributed by atoms with Gasteiger partial charge < -0.3 is 5.11 Å². The Morgan fingerprint density at radius 1 is 1.24 bits per heavy atom. The standard InChI is InChI=1S/C17H22F2O2/c1-17(2,3)10-4-6-12(16(20)21)13(8-10)14-9-11(18)5-7-15(14)19/h5,7,9-10,12-13H,4,6,8H2,1-3H3,(H,20,21). The fourth-order valence-corrected chi connectivity index (χ4v) is 3.40. The van der Waals surface area contributed by atoms with E-state index in [-0.39, 0.29) is 11.0 Å². The summed E-state index contributed by atoms with van der Waals surface area (Å²) < 4.78 is 27.5. The number of halogens is 2. The SMILES string of the molecule is CC(C)(C)C1CCC(C(=O)O)C(c2cc(F)ccc2F)C1. The maximum Gasteiger partial charge on any atom is 0.307 e. The van der Waals surface area contributed by atoms with Crippen LogP contribution in [0.5, 0.6) is 0 Å². The Balaban J connectivity index is 2.38. The highest BCUT2D eigenvalue weighted by molar-refractivity contribution is 5.71. The van der Waals surface area contributed by atoms with E-state index in [4.69, 9.17) is 0 Å². The first-order chi connectivity index (χ1) is 9.70. The molecule has 1 aromatic carbocycles. The third kappa shape index (κ3) is 3.42. The van der Waals surface area contributed by atoms with Gasteiger partial charge in [0.05, 0.1) is 5.92 Å². The fourth-order valence-electron chi connectivity index (χ4n) is 3.40. The third-order valence-electron chi connectivity index (χ3n) is 4.75. The topological polar surface area (TPSA) is 37.3 Å². The molecule has 1 fully saturated rings. The molecule has 21 heavy (non-hydrogen) atoms. The molecule has 1 aromatic rings. The van der Waals surface area contributed by atoms with Gasteiger partial charge in [-0.3, -0.25) is 4.79 Å². The van der Waals surface area contributed by atoms with Crippen molar-refractivity contribution in [2.24, 2.45) is 17.3 Å². The van der Waals surface area contributed by atoms with Gasteiger partial charge in [0.2, 0.25) is 0 Å². The van der Waals surface area contributed by atoms with E-state index in [0.29, 0.717) is 18.8 Å². The number of benzene rings is 1. The van der Waals surface area contributed by atoms with E-state index in [9.17, 15) is 18.7 Å². The molecule has 0 saturated heterocycles. The number of hydrogen-bond donors (Lipinski definition) is 1. The fraction of sp³-hybridized carbons (Fsp3) is 0.588. The van der Waals surface area contributed by atoms with Crippen LogP contribution in [0.1, 0.15) is 51.5 Å². The minimum Gasteiger partial charge on any atom is -0.481 e. The van der Waals surface area contributed by atoms with Gasteiger partial charge in [0.15, 0.2) is 0 Å². The van der Waals surface area contributed by atoms with Crippen LogP contribution in [0, 0.1) is 28.9 Å². The zero-order valence-corrected chi connectivity index (χ0v) is 12.7. The summed E-state index contributed by atoms with van der Waals surface area (Å²) in [5.41, 5.74) is 0.238. The van der Waals surface area contributed by atoms with E-state index >= 15 is 0 Å². The lowest BCUT2D eigenvalue weighted by atomic mass is 9.64. The number of carboxylic acids is 1. The van der Waals surface area contributed by atoms with Crippen LogP contribution in [0.25, 0.3) is 0 Å². The maximum absolute atomic E-state index is 14.1. The molecule has 0 aromatic heterocycles.